The van der Waals surface area contributed by atoms with Gasteiger partial charge in [-0.05, 0) is 75.6 Å². The highest BCUT2D eigenvalue weighted by Crippen LogP contribution is 2.23. The van der Waals surface area contributed by atoms with Crippen LogP contribution in [0.4, 0.5) is 5.69 Å². The van der Waals surface area contributed by atoms with Crippen molar-refractivity contribution in [1.82, 2.24) is 5.32 Å². The fourth-order valence-electron chi connectivity index (χ4n) is 3.50. The number of aryl methyl sites for hydroxylation is 2. The van der Waals surface area contributed by atoms with E-state index in [4.69, 9.17) is 4.74 Å². The predicted octanol–water partition coefficient (Wildman–Crippen LogP) is 4.73. The molecule has 0 saturated carbocycles. The zero-order valence-electron chi connectivity index (χ0n) is 19.9. The number of anilines is 1. The monoisotopic (exact) mass is 480 g/mol. The van der Waals surface area contributed by atoms with Crippen LogP contribution in [0, 0.1) is 6.92 Å². The van der Waals surface area contributed by atoms with Gasteiger partial charge in [-0.25, -0.2) is 8.42 Å². The number of hydrogen-bond acceptors (Lipinski definition) is 4. The SMILES string of the molecule is Cc1ccc(S(=O)(=O)N(CC(=O)NCCCc2cccc(OC(C)C)c2)c2ccccc2)cc1. The molecule has 0 spiro atoms. The molecule has 34 heavy (non-hydrogen) atoms. The predicted molar refractivity (Wildman–Crippen MR) is 136 cm³/mol. The van der Waals surface area contributed by atoms with E-state index in [0.717, 1.165) is 34.0 Å². The van der Waals surface area contributed by atoms with Gasteiger partial charge in [-0.3, -0.25) is 9.10 Å². The number of sulfonamides is 1. The third-order valence-electron chi connectivity index (χ3n) is 5.18. The zero-order chi connectivity index (χ0) is 24.6. The van der Waals surface area contributed by atoms with Crippen molar-refractivity contribution in [2.24, 2.45) is 0 Å². The molecule has 3 aromatic carbocycles. The number of hydrogen-bond donors (Lipinski definition) is 1. The quantitative estimate of drug-likeness (QED) is 0.403. The van der Waals surface area contributed by atoms with Crippen LogP contribution in [0.5, 0.6) is 5.75 Å². The average molecular weight is 481 g/mol. The first kappa shape index (κ1) is 25.3. The topological polar surface area (TPSA) is 75.7 Å². The summed E-state index contributed by atoms with van der Waals surface area (Å²) in [6.07, 6.45) is 1.62. The Bertz CT molecular complexity index is 1180. The van der Waals surface area contributed by atoms with E-state index in [2.05, 4.69) is 5.32 Å². The average Bonchev–Trinajstić information content (AvgIpc) is 2.81. The summed E-state index contributed by atoms with van der Waals surface area (Å²) in [6, 6.07) is 23.2. The second-order valence-corrected chi connectivity index (χ2v) is 10.3. The number of amides is 1. The minimum atomic E-state index is -3.90. The molecule has 0 aliphatic rings. The van der Waals surface area contributed by atoms with Gasteiger partial charge in [0.1, 0.15) is 12.3 Å². The highest BCUT2D eigenvalue weighted by Gasteiger charge is 2.26. The van der Waals surface area contributed by atoms with Gasteiger partial charge in [-0.15, -0.1) is 0 Å². The van der Waals surface area contributed by atoms with Crippen LogP contribution in [-0.4, -0.2) is 33.5 Å². The Kier molecular flexibility index (Phi) is 8.71. The lowest BCUT2D eigenvalue weighted by Gasteiger charge is -2.24. The van der Waals surface area contributed by atoms with Crippen molar-refractivity contribution in [3.05, 3.63) is 90.0 Å². The second-order valence-electron chi connectivity index (χ2n) is 8.43. The van der Waals surface area contributed by atoms with Gasteiger partial charge >= 0.3 is 0 Å². The molecule has 1 N–H and O–H groups in total. The first-order valence-electron chi connectivity index (χ1n) is 11.4. The third-order valence-corrected chi connectivity index (χ3v) is 6.96. The molecule has 6 nitrogen and oxygen atoms in total. The van der Waals surface area contributed by atoms with E-state index < -0.39 is 10.0 Å². The van der Waals surface area contributed by atoms with Gasteiger partial charge in [0.25, 0.3) is 10.0 Å². The molecule has 7 heteroatoms. The summed E-state index contributed by atoms with van der Waals surface area (Å²) >= 11 is 0. The van der Waals surface area contributed by atoms with Crippen molar-refractivity contribution in [1.29, 1.82) is 0 Å². The van der Waals surface area contributed by atoms with Gasteiger partial charge < -0.3 is 10.1 Å². The first-order valence-corrected chi connectivity index (χ1v) is 12.9. The van der Waals surface area contributed by atoms with Crippen LogP contribution in [0.25, 0.3) is 0 Å². The minimum Gasteiger partial charge on any atom is -0.491 e. The van der Waals surface area contributed by atoms with Gasteiger partial charge in [0.2, 0.25) is 5.91 Å². The van der Waals surface area contributed by atoms with Crippen molar-refractivity contribution in [3.63, 3.8) is 0 Å². The van der Waals surface area contributed by atoms with Crippen molar-refractivity contribution in [2.45, 2.75) is 44.6 Å². The molecule has 3 aromatic rings. The molecule has 0 atom stereocenters. The van der Waals surface area contributed by atoms with Crippen molar-refractivity contribution in [3.8, 4) is 5.75 Å². The van der Waals surface area contributed by atoms with Gasteiger partial charge in [-0.2, -0.15) is 0 Å². The summed E-state index contributed by atoms with van der Waals surface area (Å²) in [4.78, 5) is 12.9. The normalized spacial score (nSPS) is 11.3. The van der Waals surface area contributed by atoms with Crippen LogP contribution >= 0.6 is 0 Å². The van der Waals surface area contributed by atoms with Gasteiger partial charge in [0.05, 0.1) is 16.7 Å². The number of nitrogens with one attached hydrogen (secondary N) is 1. The molecule has 0 aromatic heterocycles. The maximum Gasteiger partial charge on any atom is 0.264 e. The second kappa shape index (κ2) is 11.7. The summed E-state index contributed by atoms with van der Waals surface area (Å²) in [6.45, 7) is 6.02. The Hall–Kier alpha value is -3.32. The fraction of sp³-hybridized carbons (Fsp3) is 0.296. The molecule has 3 rings (SSSR count). The van der Waals surface area contributed by atoms with Gasteiger partial charge in [-0.1, -0.05) is 48.0 Å². The van der Waals surface area contributed by atoms with Crippen molar-refractivity contribution < 1.29 is 17.9 Å². The summed E-state index contributed by atoms with van der Waals surface area (Å²) < 4.78 is 33.6. The first-order chi connectivity index (χ1) is 16.3. The molecule has 0 unspecified atom stereocenters. The maximum absolute atomic E-state index is 13.3. The van der Waals surface area contributed by atoms with Crippen LogP contribution < -0.4 is 14.4 Å². The number of carbonyl (C=O) groups excluding carboxylic acids is 1. The van der Waals surface area contributed by atoms with E-state index in [1.807, 2.05) is 45.0 Å². The summed E-state index contributed by atoms with van der Waals surface area (Å²) in [5.41, 5.74) is 2.53. The highest BCUT2D eigenvalue weighted by molar-refractivity contribution is 7.92. The van der Waals surface area contributed by atoms with Crippen LogP contribution in [0.2, 0.25) is 0 Å². The number of ether oxygens (including phenoxy) is 1. The lowest BCUT2D eigenvalue weighted by molar-refractivity contribution is -0.119. The molecule has 0 aliphatic heterocycles. The molecule has 0 saturated heterocycles. The van der Waals surface area contributed by atoms with E-state index in [1.54, 1.807) is 54.6 Å². The Balaban J connectivity index is 1.62. The standard InChI is InChI=1S/C27H32N2O4S/c1-21(2)33-25-13-7-9-23(19-25)10-8-18-28-27(30)20-29(24-11-5-4-6-12-24)34(31,32)26-16-14-22(3)15-17-26/h4-7,9,11-17,19,21H,8,10,18,20H2,1-3H3,(H,28,30). The molecular weight excluding hydrogens is 448 g/mol. The Morgan fingerprint density at radius 3 is 2.35 bits per heavy atom. The van der Waals surface area contributed by atoms with E-state index in [9.17, 15) is 13.2 Å². The Labute approximate surface area is 202 Å². The molecule has 0 heterocycles. The van der Waals surface area contributed by atoms with Crippen LogP contribution in [0.1, 0.15) is 31.4 Å². The van der Waals surface area contributed by atoms with Gasteiger partial charge in [0, 0.05) is 6.54 Å². The maximum atomic E-state index is 13.3. The summed E-state index contributed by atoms with van der Waals surface area (Å²) in [5.74, 6) is 0.479. The van der Waals surface area contributed by atoms with Crippen molar-refractivity contribution >= 4 is 21.6 Å². The van der Waals surface area contributed by atoms with E-state index in [-0.39, 0.29) is 23.5 Å². The van der Waals surface area contributed by atoms with E-state index in [1.165, 1.54) is 0 Å². The lowest BCUT2D eigenvalue weighted by atomic mass is 10.1. The molecule has 180 valence electrons. The van der Waals surface area contributed by atoms with Crippen molar-refractivity contribution in [2.75, 3.05) is 17.4 Å². The zero-order valence-corrected chi connectivity index (χ0v) is 20.7. The van der Waals surface area contributed by atoms with Crippen LogP contribution in [0.15, 0.2) is 83.8 Å². The fourth-order valence-corrected chi connectivity index (χ4v) is 4.92. The Morgan fingerprint density at radius 1 is 0.971 bits per heavy atom. The van der Waals surface area contributed by atoms with Crippen LogP contribution in [-0.2, 0) is 21.2 Å². The molecule has 0 aliphatic carbocycles. The van der Waals surface area contributed by atoms with Crippen LogP contribution in [0.3, 0.4) is 0 Å². The Morgan fingerprint density at radius 2 is 1.68 bits per heavy atom. The summed E-state index contributed by atoms with van der Waals surface area (Å²) in [5, 5.41) is 2.86. The van der Waals surface area contributed by atoms with E-state index in [0.29, 0.717) is 12.2 Å². The third kappa shape index (κ3) is 7.09. The number of benzene rings is 3. The molecule has 0 radical (unpaired) electrons. The minimum absolute atomic E-state index is 0.110. The molecule has 0 fully saturated rings. The van der Waals surface area contributed by atoms with E-state index >= 15 is 0 Å². The lowest BCUT2D eigenvalue weighted by Crippen LogP contribution is -2.41. The largest absolute Gasteiger partial charge is 0.491 e. The van der Waals surface area contributed by atoms with Gasteiger partial charge in [0.15, 0.2) is 0 Å². The number of para-hydroxylation sites is 1. The molecule has 0 bridgehead atoms. The molecular formula is C27H32N2O4S. The smallest absolute Gasteiger partial charge is 0.264 e. The highest BCUT2D eigenvalue weighted by atomic mass is 32.2. The number of carbonyl (C=O) groups is 1. The number of rotatable bonds is 11. The molecule has 1 amide bonds. The number of nitrogens with zero attached hydrogens (tertiary/aromatic N) is 1. The summed E-state index contributed by atoms with van der Waals surface area (Å²) in [7, 11) is -3.90.